The molecule has 1 fully saturated rings. The summed E-state index contributed by atoms with van der Waals surface area (Å²) in [6, 6.07) is 3.63. The van der Waals surface area contributed by atoms with Crippen LogP contribution < -0.4 is 29.9 Å². The number of quaternary nitrogens is 1. The molecule has 144 valence electrons. The average molecular weight is 383 g/mol. The molecule has 3 N–H and O–H groups in total. The molecule has 0 spiro atoms. The van der Waals surface area contributed by atoms with Gasteiger partial charge in [-0.25, -0.2) is 0 Å². The highest BCUT2D eigenvalue weighted by atomic mass is 32.1. The highest BCUT2D eigenvalue weighted by Gasteiger charge is 2.15. The summed E-state index contributed by atoms with van der Waals surface area (Å²) < 4.78 is 21.4. The van der Waals surface area contributed by atoms with Gasteiger partial charge >= 0.3 is 0 Å². The maximum atomic E-state index is 5.41. The van der Waals surface area contributed by atoms with E-state index in [1.54, 1.807) is 33.6 Å². The Morgan fingerprint density at radius 1 is 1.19 bits per heavy atom. The quantitative estimate of drug-likeness (QED) is 0.315. The minimum atomic E-state index is 0.480. The topological polar surface area (TPSA) is 77.8 Å². The first-order valence-corrected chi connectivity index (χ1v) is 8.87. The van der Waals surface area contributed by atoms with Crippen molar-refractivity contribution in [1.82, 2.24) is 10.7 Å². The molecule has 0 radical (unpaired) electrons. The van der Waals surface area contributed by atoms with E-state index in [1.165, 1.54) is 4.90 Å². The van der Waals surface area contributed by atoms with E-state index in [2.05, 4.69) is 15.8 Å². The van der Waals surface area contributed by atoms with Crippen LogP contribution in [-0.2, 0) is 4.74 Å². The molecule has 0 saturated carbocycles. The molecule has 26 heavy (non-hydrogen) atoms. The van der Waals surface area contributed by atoms with Gasteiger partial charge in [-0.15, -0.1) is 0 Å². The second-order valence-corrected chi connectivity index (χ2v) is 6.07. The Morgan fingerprint density at radius 2 is 1.92 bits per heavy atom. The first kappa shape index (κ1) is 20.2. The van der Waals surface area contributed by atoms with Crippen molar-refractivity contribution < 1.29 is 23.8 Å². The summed E-state index contributed by atoms with van der Waals surface area (Å²) in [4.78, 5) is 1.52. The zero-order valence-corrected chi connectivity index (χ0v) is 16.3. The van der Waals surface area contributed by atoms with Gasteiger partial charge in [0.2, 0.25) is 5.75 Å². The molecule has 0 amide bonds. The van der Waals surface area contributed by atoms with Gasteiger partial charge in [0.1, 0.15) is 13.1 Å². The zero-order chi connectivity index (χ0) is 18.8. The second-order valence-electron chi connectivity index (χ2n) is 5.66. The summed E-state index contributed by atoms with van der Waals surface area (Å²) in [5.74, 6) is 1.66. The fourth-order valence-electron chi connectivity index (χ4n) is 2.69. The van der Waals surface area contributed by atoms with Crippen LogP contribution in [-0.4, -0.2) is 72.0 Å². The van der Waals surface area contributed by atoms with Crippen LogP contribution in [0.5, 0.6) is 17.2 Å². The summed E-state index contributed by atoms with van der Waals surface area (Å²) in [6.07, 6.45) is 1.63. The van der Waals surface area contributed by atoms with Gasteiger partial charge in [-0.2, -0.15) is 5.10 Å². The lowest BCUT2D eigenvalue weighted by Gasteiger charge is -2.23. The van der Waals surface area contributed by atoms with Crippen molar-refractivity contribution in [1.29, 1.82) is 0 Å². The van der Waals surface area contributed by atoms with Gasteiger partial charge in [0, 0.05) is 5.56 Å². The van der Waals surface area contributed by atoms with Crippen LogP contribution in [0.25, 0.3) is 0 Å². The van der Waals surface area contributed by atoms with Crippen molar-refractivity contribution in [3.05, 3.63) is 17.7 Å². The molecule has 1 saturated heterocycles. The van der Waals surface area contributed by atoms with Crippen molar-refractivity contribution in [3.63, 3.8) is 0 Å². The number of thiocarbonyl (C=S) groups is 1. The predicted octanol–water partition coefficient (Wildman–Crippen LogP) is -0.574. The lowest BCUT2D eigenvalue weighted by atomic mass is 10.2. The van der Waals surface area contributed by atoms with E-state index in [-0.39, 0.29) is 0 Å². The molecule has 8 nitrogen and oxygen atoms in total. The Labute approximate surface area is 159 Å². The highest BCUT2D eigenvalue weighted by Crippen LogP contribution is 2.38. The third-order valence-electron chi connectivity index (χ3n) is 4.07. The third-order valence-corrected chi connectivity index (χ3v) is 4.30. The first-order valence-electron chi connectivity index (χ1n) is 8.46. The summed E-state index contributed by atoms with van der Waals surface area (Å²) in [5.41, 5.74) is 3.56. The van der Waals surface area contributed by atoms with Crippen LogP contribution in [0, 0.1) is 0 Å². The molecule has 1 aliphatic rings. The van der Waals surface area contributed by atoms with Crippen LogP contribution in [0.2, 0.25) is 0 Å². The summed E-state index contributed by atoms with van der Waals surface area (Å²) in [6.45, 7) is 5.53. The summed E-state index contributed by atoms with van der Waals surface area (Å²) in [7, 11) is 4.71. The predicted molar refractivity (Wildman–Crippen MR) is 104 cm³/mol. The number of hydrogen-bond acceptors (Lipinski definition) is 6. The van der Waals surface area contributed by atoms with E-state index >= 15 is 0 Å². The van der Waals surface area contributed by atoms with Crippen LogP contribution in [0.3, 0.4) is 0 Å². The van der Waals surface area contributed by atoms with Gasteiger partial charge in [-0.05, 0) is 24.4 Å². The minimum absolute atomic E-state index is 0.480. The van der Waals surface area contributed by atoms with Crippen LogP contribution in [0.4, 0.5) is 0 Å². The standard InChI is InChI=1S/C17H26N4O4S/c1-22-14-5-4-13(15(23-2)16(14)24-3)12-19-20-17(26)18-6-7-21-8-10-25-11-9-21/h4-5,12H,6-11H2,1-3H3,(H2,18,20,26)/p+1/b19-12-. The Balaban J connectivity index is 1.84. The molecule has 0 aromatic heterocycles. The number of ether oxygens (including phenoxy) is 4. The van der Waals surface area contributed by atoms with Crippen LogP contribution >= 0.6 is 12.2 Å². The Morgan fingerprint density at radius 3 is 2.58 bits per heavy atom. The molecule has 2 rings (SSSR count). The van der Waals surface area contributed by atoms with E-state index in [9.17, 15) is 0 Å². The van der Waals surface area contributed by atoms with E-state index in [1.807, 2.05) is 6.07 Å². The summed E-state index contributed by atoms with van der Waals surface area (Å²) >= 11 is 5.24. The van der Waals surface area contributed by atoms with E-state index < -0.39 is 0 Å². The van der Waals surface area contributed by atoms with Crippen molar-refractivity contribution >= 4 is 23.5 Å². The molecular formula is C17H27N4O4S+. The van der Waals surface area contributed by atoms with Gasteiger partial charge in [-0.3, -0.25) is 5.43 Å². The molecule has 0 unspecified atom stereocenters. The van der Waals surface area contributed by atoms with Crippen molar-refractivity contribution in [2.24, 2.45) is 5.10 Å². The molecule has 0 bridgehead atoms. The number of hydrogen-bond donors (Lipinski definition) is 3. The number of nitrogens with one attached hydrogen (secondary N) is 3. The lowest BCUT2D eigenvalue weighted by Crippen LogP contribution is -3.14. The number of rotatable bonds is 8. The Bertz CT molecular complexity index is 621. The monoisotopic (exact) mass is 383 g/mol. The fourth-order valence-corrected chi connectivity index (χ4v) is 2.84. The number of morpholine rings is 1. The molecule has 9 heteroatoms. The largest absolute Gasteiger partial charge is 0.493 e. The smallest absolute Gasteiger partial charge is 0.203 e. The first-order chi connectivity index (χ1) is 12.7. The number of benzene rings is 1. The van der Waals surface area contributed by atoms with Gasteiger partial charge < -0.3 is 29.2 Å². The molecular weight excluding hydrogens is 356 g/mol. The number of methoxy groups -OCH3 is 3. The van der Waals surface area contributed by atoms with Crippen LogP contribution in [0.1, 0.15) is 5.56 Å². The second kappa shape index (κ2) is 10.8. The SMILES string of the molecule is COc1ccc(/C=N\NC(=S)NCC[NH+]2CCOCC2)c(OC)c1OC. The number of nitrogens with zero attached hydrogens (tertiary/aromatic N) is 1. The Hall–Kier alpha value is -2.10. The zero-order valence-electron chi connectivity index (χ0n) is 15.5. The van der Waals surface area contributed by atoms with E-state index in [0.717, 1.165) is 45.0 Å². The third kappa shape index (κ3) is 5.72. The van der Waals surface area contributed by atoms with Gasteiger partial charge in [0.15, 0.2) is 16.6 Å². The summed E-state index contributed by atoms with van der Waals surface area (Å²) in [5, 5.41) is 7.80. The van der Waals surface area contributed by atoms with Crippen molar-refractivity contribution in [2.75, 3.05) is 60.7 Å². The molecule has 1 aromatic rings. The fraction of sp³-hybridized carbons (Fsp3) is 0.529. The Kier molecular flexibility index (Phi) is 8.39. The highest BCUT2D eigenvalue weighted by molar-refractivity contribution is 7.80. The van der Waals surface area contributed by atoms with Crippen LogP contribution in [0.15, 0.2) is 17.2 Å². The van der Waals surface area contributed by atoms with Gasteiger partial charge in [0.25, 0.3) is 0 Å². The maximum absolute atomic E-state index is 5.41. The molecule has 1 aliphatic heterocycles. The molecule has 0 atom stereocenters. The van der Waals surface area contributed by atoms with Crippen molar-refractivity contribution in [3.8, 4) is 17.2 Å². The van der Waals surface area contributed by atoms with Crippen molar-refractivity contribution in [2.45, 2.75) is 0 Å². The van der Waals surface area contributed by atoms with Gasteiger partial charge in [0.05, 0.1) is 53.8 Å². The molecule has 0 aliphatic carbocycles. The van der Waals surface area contributed by atoms with E-state index in [4.69, 9.17) is 31.2 Å². The maximum Gasteiger partial charge on any atom is 0.203 e. The molecule has 1 aromatic carbocycles. The molecule has 1 heterocycles. The average Bonchev–Trinajstić information content (AvgIpc) is 2.68. The van der Waals surface area contributed by atoms with E-state index in [0.29, 0.717) is 22.4 Å². The van der Waals surface area contributed by atoms with Gasteiger partial charge in [-0.1, -0.05) is 0 Å². The minimum Gasteiger partial charge on any atom is -0.493 e. The lowest BCUT2D eigenvalue weighted by molar-refractivity contribution is -0.906. The number of hydrazone groups is 1. The normalized spacial score (nSPS) is 14.9.